The summed E-state index contributed by atoms with van der Waals surface area (Å²) in [6.07, 6.45) is 3.29. The minimum atomic E-state index is -0.0910. The largest absolute Gasteiger partial charge is 0.361 e. The van der Waals surface area contributed by atoms with Crippen LogP contribution in [0.3, 0.4) is 0 Å². The van der Waals surface area contributed by atoms with Crippen molar-refractivity contribution >= 4 is 45.6 Å². The third kappa shape index (κ3) is 4.44. The zero-order valence-corrected chi connectivity index (χ0v) is 16.6. The van der Waals surface area contributed by atoms with Crippen molar-refractivity contribution in [3.05, 3.63) is 61.9 Å². The van der Waals surface area contributed by atoms with Crippen molar-refractivity contribution in [1.29, 1.82) is 0 Å². The average Bonchev–Trinajstić information content (AvgIpc) is 3.17. The van der Waals surface area contributed by atoms with Crippen LogP contribution in [-0.4, -0.2) is 16.0 Å². The summed E-state index contributed by atoms with van der Waals surface area (Å²) in [7, 11) is 0. The summed E-state index contributed by atoms with van der Waals surface area (Å²) < 4.78 is 5.11. The van der Waals surface area contributed by atoms with Gasteiger partial charge in [0.1, 0.15) is 5.76 Å². The Morgan fingerprint density at radius 2 is 2.12 bits per heavy atom. The van der Waals surface area contributed by atoms with Crippen LogP contribution in [0.1, 0.15) is 33.9 Å². The van der Waals surface area contributed by atoms with Gasteiger partial charge < -0.3 is 9.84 Å². The summed E-state index contributed by atoms with van der Waals surface area (Å²) in [5.74, 6) is 0.664. The van der Waals surface area contributed by atoms with Crippen LogP contribution >= 0.6 is 34.5 Å². The molecule has 136 valence electrons. The number of amides is 1. The van der Waals surface area contributed by atoms with E-state index < -0.39 is 0 Å². The van der Waals surface area contributed by atoms with Crippen LogP contribution in [0.2, 0.25) is 10.0 Å². The first-order valence-electron chi connectivity index (χ1n) is 8.03. The normalized spacial score (nSPS) is 10.9. The Hall–Kier alpha value is -1.89. The summed E-state index contributed by atoms with van der Waals surface area (Å²) in [6.45, 7) is 3.72. The smallest absolute Gasteiger partial charge is 0.226 e. The van der Waals surface area contributed by atoms with E-state index in [0.29, 0.717) is 34.4 Å². The number of hydrogen-bond acceptors (Lipinski definition) is 5. The Kier molecular flexibility index (Phi) is 5.96. The fraction of sp³-hybridized carbons (Fsp3) is 0.278. The fourth-order valence-electron chi connectivity index (χ4n) is 2.60. The second-order valence-electron chi connectivity index (χ2n) is 5.87. The van der Waals surface area contributed by atoms with E-state index in [-0.39, 0.29) is 5.91 Å². The van der Waals surface area contributed by atoms with Gasteiger partial charge in [0, 0.05) is 29.5 Å². The molecule has 0 bridgehead atoms. The van der Waals surface area contributed by atoms with Crippen molar-refractivity contribution in [2.75, 3.05) is 5.32 Å². The van der Waals surface area contributed by atoms with E-state index in [1.54, 1.807) is 12.3 Å². The van der Waals surface area contributed by atoms with Gasteiger partial charge in [-0.3, -0.25) is 4.79 Å². The second kappa shape index (κ2) is 8.20. The monoisotopic (exact) mass is 409 g/mol. The maximum absolute atomic E-state index is 12.2. The van der Waals surface area contributed by atoms with Crippen molar-refractivity contribution in [2.24, 2.45) is 0 Å². The van der Waals surface area contributed by atoms with Gasteiger partial charge >= 0.3 is 0 Å². The number of carbonyl (C=O) groups excluding carboxylic acids is 1. The molecule has 0 aliphatic heterocycles. The van der Waals surface area contributed by atoms with Crippen molar-refractivity contribution < 1.29 is 9.32 Å². The summed E-state index contributed by atoms with van der Waals surface area (Å²) >= 11 is 13.7. The zero-order valence-electron chi connectivity index (χ0n) is 14.3. The predicted octanol–water partition coefficient (Wildman–Crippen LogP) is 5.22. The zero-order chi connectivity index (χ0) is 18.7. The standard InChI is InChI=1S/C18H17Cl2N3O2S/c1-10-14(11(2)25-23-10)6-7-16(24)22-18-21-9-13(26-18)8-12-4-3-5-15(19)17(12)20/h3-5,9H,6-8H2,1-2H3,(H,21,22,24). The molecule has 2 heterocycles. The van der Waals surface area contributed by atoms with E-state index in [9.17, 15) is 4.79 Å². The van der Waals surface area contributed by atoms with E-state index in [4.69, 9.17) is 27.7 Å². The van der Waals surface area contributed by atoms with Gasteiger partial charge in [0.05, 0.1) is 15.7 Å². The molecule has 0 atom stereocenters. The predicted molar refractivity (Wildman–Crippen MR) is 104 cm³/mol. The Morgan fingerprint density at radius 3 is 2.85 bits per heavy atom. The van der Waals surface area contributed by atoms with Crippen LogP contribution in [0.5, 0.6) is 0 Å². The van der Waals surface area contributed by atoms with Crippen molar-refractivity contribution in [2.45, 2.75) is 33.1 Å². The van der Waals surface area contributed by atoms with Gasteiger partial charge in [0.15, 0.2) is 5.13 Å². The number of halogens is 2. The third-order valence-corrected chi connectivity index (χ3v) is 5.75. The minimum absolute atomic E-state index is 0.0910. The number of rotatable bonds is 6. The molecule has 0 saturated carbocycles. The molecule has 1 aromatic carbocycles. The first-order valence-corrected chi connectivity index (χ1v) is 9.60. The highest BCUT2D eigenvalue weighted by Crippen LogP contribution is 2.29. The quantitative estimate of drug-likeness (QED) is 0.605. The number of nitrogens with one attached hydrogen (secondary N) is 1. The van der Waals surface area contributed by atoms with Gasteiger partial charge in [-0.1, -0.05) is 40.5 Å². The lowest BCUT2D eigenvalue weighted by atomic mass is 10.1. The summed E-state index contributed by atoms with van der Waals surface area (Å²) in [5, 5.41) is 8.38. The van der Waals surface area contributed by atoms with Crippen LogP contribution in [0.4, 0.5) is 5.13 Å². The number of aryl methyl sites for hydroxylation is 2. The van der Waals surface area contributed by atoms with E-state index in [2.05, 4.69) is 15.5 Å². The SMILES string of the molecule is Cc1noc(C)c1CCC(=O)Nc1ncc(Cc2cccc(Cl)c2Cl)s1. The van der Waals surface area contributed by atoms with Crippen molar-refractivity contribution in [3.8, 4) is 0 Å². The minimum Gasteiger partial charge on any atom is -0.361 e. The van der Waals surface area contributed by atoms with E-state index >= 15 is 0 Å². The number of hydrogen-bond donors (Lipinski definition) is 1. The highest BCUT2D eigenvalue weighted by molar-refractivity contribution is 7.15. The van der Waals surface area contributed by atoms with Gasteiger partial charge in [-0.2, -0.15) is 0 Å². The van der Waals surface area contributed by atoms with E-state index in [1.807, 2.05) is 26.0 Å². The fourth-order valence-corrected chi connectivity index (χ4v) is 3.84. The summed E-state index contributed by atoms with van der Waals surface area (Å²) in [4.78, 5) is 17.4. The molecule has 8 heteroatoms. The van der Waals surface area contributed by atoms with Crippen LogP contribution < -0.4 is 5.32 Å². The van der Waals surface area contributed by atoms with Crippen molar-refractivity contribution in [1.82, 2.24) is 10.1 Å². The first kappa shape index (κ1) is 18.9. The highest BCUT2D eigenvalue weighted by atomic mass is 35.5. The van der Waals surface area contributed by atoms with Crippen LogP contribution in [0.25, 0.3) is 0 Å². The molecule has 1 N–H and O–H groups in total. The topological polar surface area (TPSA) is 68.0 Å². The molecule has 1 amide bonds. The molecule has 2 aromatic heterocycles. The second-order valence-corrected chi connectivity index (χ2v) is 7.77. The molecular weight excluding hydrogens is 393 g/mol. The molecule has 26 heavy (non-hydrogen) atoms. The molecule has 0 saturated heterocycles. The maximum atomic E-state index is 12.2. The average molecular weight is 410 g/mol. The highest BCUT2D eigenvalue weighted by Gasteiger charge is 2.13. The van der Waals surface area contributed by atoms with Crippen molar-refractivity contribution in [3.63, 3.8) is 0 Å². The number of anilines is 1. The van der Waals surface area contributed by atoms with E-state index in [0.717, 1.165) is 27.5 Å². The molecule has 0 unspecified atom stereocenters. The molecule has 3 rings (SSSR count). The van der Waals surface area contributed by atoms with Crippen LogP contribution in [0.15, 0.2) is 28.9 Å². The lowest BCUT2D eigenvalue weighted by Gasteiger charge is -2.03. The van der Waals surface area contributed by atoms with Gasteiger partial charge in [0.25, 0.3) is 0 Å². The van der Waals surface area contributed by atoms with Gasteiger partial charge in [-0.15, -0.1) is 11.3 Å². The Labute approximate surface area is 165 Å². The number of benzene rings is 1. The first-order chi connectivity index (χ1) is 12.4. The lowest BCUT2D eigenvalue weighted by Crippen LogP contribution is -2.12. The van der Waals surface area contributed by atoms with Crippen LogP contribution in [0, 0.1) is 13.8 Å². The van der Waals surface area contributed by atoms with Gasteiger partial charge in [0.2, 0.25) is 5.91 Å². The number of carbonyl (C=O) groups is 1. The Balaban J connectivity index is 1.58. The third-order valence-electron chi connectivity index (χ3n) is 3.98. The van der Waals surface area contributed by atoms with Gasteiger partial charge in [-0.25, -0.2) is 4.98 Å². The number of nitrogens with zero attached hydrogens (tertiary/aromatic N) is 2. The Bertz CT molecular complexity index is 917. The molecule has 0 spiro atoms. The van der Waals surface area contributed by atoms with Gasteiger partial charge in [-0.05, 0) is 31.9 Å². The van der Waals surface area contributed by atoms with Crippen LogP contribution in [-0.2, 0) is 17.6 Å². The summed E-state index contributed by atoms with van der Waals surface area (Å²) in [5.41, 5.74) is 2.74. The Morgan fingerprint density at radius 1 is 1.31 bits per heavy atom. The maximum Gasteiger partial charge on any atom is 0.226 e. The molecule has 0 fully saturated rings. The van der Waals surface area contributed by atoms with E-state index in [1.165, 1.54) is 11.3 Å². The number of thiazole rings is 1. The summed E-state index contributed by atoms with van der Waals surface area (Å²) in [6, 6.07) is 5.54. The number of aromatic nitrogens is 2. The lowest BCUT2D eigenvalue weighted by molar-refractivity contribution is -0.116. The molecular formula is C18H17Cl2N3O2S. The molecule has 0 aliphatic carbocycles. The molecule has 0 radical (unpaired) electrons. The molecule has 0 aliphatic rings. The molecule has 5 nitrogen and oxygen atoms in total. The molecule has 3 aromatic rings.